The van der Waals surface area contributed by atoms with Crippen LogP contribution in [-0.2, 0) is 5.11 Å². The third kappa shape index (κ3) is 7.21. The average molecular weight is 249 g/mol. The maximum absolute atomic E-state index is 10.9. The summed E-state index contributed by atoms with van der Waals surface area (Å²) in [6.07, 6.45) is 10.5. The first-order valence-electron chi connectivity index (χ1n) is 7.23. The van der Waals surface area contributed by atoms with Crippen LogP contribution in [-0.4, -0.2) is 6.61 Å². The van der Waals surface area contributed by atoms with Crippen LogP contribution in [0.25, 0.3) is 0 Å². The van der Waals surface area contributed by atoms with Gasteiger partial charge in [-0.25, -0.2) is 0 Å². The third-order valence-electron chi connectivity index (χ3n) is 3.09. The molecular formula is C16H25O2. The standard InChI is InChI=1S/C16H25O2/c1-2-3-4-5-6-7-8-9-14-18-16-12-10-15(17)11-13-16/h10-13H,2-9,14H2,1H3. The first kappa shape index (κ1) is 14.9. The lowest BCUT2D eigenvalue weighted by Gasteiger charge is -2.05. The summed E-state index contributed by atoms with van der Waals surface area (Å²) in [5.41, 5.74) is 0. The Hall–Kier alpha value is -1.18. The van der Waals surface area contributed by atoms with E-state index in [0.29, 0.717) is 0 Å². The van der Waals surface area contributed by atoms with E-state index < -0.39 is 0 Å². The molecule has 0 amide bonds. The molecule has 0 N–H and O–H groups in total. The maximum Gasteiger partial charge on any atom is 0.178 e. The summed E-state index contributed by atoms with van der Waals surface area (Å²) in [6.45, 7) is 3.00. The van der Waals surface area contributed by atoms with E-state index >= 15 is 0 Å². The van der Waals surface area contributed by atoms with Crippen molar-refractivity contribution in [3.8, 4) is 11.5 Å². The summed E-state index contributed by atoms with van der Waals surface area (Å²) >= 11 is 0. The highest BCUT2D eigenvalue weighted by Crippen LogP contribution is 2.17. The highest BCUT2D eigenvalue weighted by Gasteiger charge is 1.95. The summed E-state index contributed by atoms with van der Waals surface area (Å²) in [5, 5.41) is 10.9. The Bertz CT molecular complexity index is 292. The molecule has 0 saturated heterocycles. The zero-order chi connectivity index (χ0) is 13.1. The molecule has 0 atom stereocenters. The van der Waals surface area contributed by atoms with E-state index in [9.17, 15) is 5.11 Å². The van der Waals surface area contributed by atoms with E-state index in [1.807, 2.05) is 0 Å². The Kier molecular flexibility index (Phi) is 8.11. The summed E-state index contributed by atoms with van der Waals surface area (Å²) < 4.78 is 5.57. The van der Waals surface area contributed by atoms with Gasteiger partial charge >= 0.3 is 0 Å². The molecule has 101 valence electrons. The van der Waals surface area contributed by atoms with Gasteiger partial charge in [-0.1, -0.05) is 51.9 Å². The van der Waals surface area contributed by atoms with Crippen LogP contribution in [0.2, 0.25) is 0 Å². The molecule has 0 saturated carbocycles. The molecule has 1 aromatic rings. The monoisotopic (exact) mass is 249 g/mol. The second-order valence-corrected chi connectivity index (χ2v) is 4.79. The molecule has 18 heavy (non-hydrogen) atoms. The summed E-state index contributed by atoms with van der Waals surface area (Å²) in [5.74, 6) is 0.840. The second kappa shape index (κ2) is 9.81. The van der Waals surface area contributed by atoms with Gasteiger partial charge in [0, 0.05) is 0 Å². The van der Waals surface area contributed by atoms with E-state index in [1.165, 1.54) is 44.9 Å². The lowest BCUT2D eigenvalue weighted by molar-refractivity contribution is 0.302. The number of unbranched alkanes of at least 4 members (excludes halogenated alkanes) is 7. The summed E-state index contributed by atoms with van der Waals surface area (Å²) in [4.78, 5) is 0. The van der Waals surface area contributed by atoms with Crippen molar-refractivity contribution in [1.82, 2.24) is 0 Å². The first-order valence-corrected chi connectivity index (χ1v) is 7.23. The number of rotatable bonds is 10. The van der Waals surface area contributed by atoms with Gasteiger partial charge in [0.05, 0.1) is 6.61 Å². The van der Waals surface area contributed by atoms with E-state index in [0.717, 1.165) is 18.8 Å². The Morgan fingerprint density at radius 3 is 2.00 bits per heavy atom. The Balaban J connectivity index is 1.91. The molecule has 1 rings (SSSR count). The van der Waals surface area contributed by atoms with Crippen LogP contribution >= 0.6 is 0 Å². The number of hydrogen-bond donors (Lipinski definition) is 0. The van der Waals surface area contributed by atoms with E-state index in [-0.39, 0.29) is 5.75 Å². The largest absolute Gasteiger partial charge is 0.494 e. The third-order valence-corrected chi connectivity index (χ3v) is 3.09. The van der Waals surface area contributed by atoms with Gasteiger partial charge in [0.15, 0.2) is 5.75 Å². The zero-order valence-corrected chi connectivity index (χ0v) is 11.5. The average Bonchev–Trinajstić information content (AvgIpc) is 2.39. The minimum absolute atomic E-state index is 0.0365. The molecule has 0 unspecified atom stereocenters. The topological polar surface area (TPSA) is 29.1 Å². The predicted octanol–water partition coefficient (Wildman–Crippen LogP) is 5.35. The van der Waals surface area contributed by atoms with Crippen LogP contribution in [0.1, 0.15) is 58.3 Å². The predicted molar refractivity (Wildman–Crippen MR) is 74.7 cm³/mol. The molecule has 1 aromatic carbocycles. The lowest BCUT2D eigenvalue weighted by atomic mass is 10.1. The van der Waals surface area contributed by atoms with Gasteiger partial charge in [-0.2, -0.15) is 0 Å². The Morgan fingerprint density at radius 2 is 1.39 bits per heavy atom. The van der Waals surface area contributed by atoms with E-state index in [2.05, 4.69) is 6.92 Å². The first-order chi connectivity index (χ1) is 8.83. The van der Waals surface area contributed by atoms with Crippen LogP contribution in [0.3, 0.4) is 0 Å². The van der Waals surface area contributed by atoms with Gasteiger partial charge in [0.25, 0.3) is 0 Å². The van der Waals surface area contributed by atoms with Crippen molar-refractivity contribution in [1.29, 1.82) is 0 Å². The normalized spacial score (nSPS) is 10.5. The van der Waals surface area contributed by atoms with Gasteiger partial charge < -0.3 is 4.74 Å². The van der Waals surface area contributed by atoms with Crippen molar-refractivity contribution < 1.29 is 9.84 Å². The molecule has 0 fully saturated rings. The Labute approximate surface area is 111 Å². The molecule has 2 heteroatoms. The minimum atomic E-state index is 0.0365. The summed E-state index contributed by atoms with van der Waals surface area (Å²) in [7, 11) is 0. The van der Waals surface area contributed by atoms with E-state index in [1.54, 1.807) is 24.3 Å². The van der Waals surface area contributed by atoms with Crippen molar-refractivity contribution in [2.75, 3.05) is 6.61 Å². The number of benzene rings is 1. The van der Waals surface area contributed by atoms with Gasteiger partial charge in [0.2, 0.25) is 0 Å². The molecule has 0 aliphatic heterocycles. The Morgan fingerprint density at radius 1 is 0.833 bits per heavy atom. The molecular weight excluding hydrogens is 224 g/mol. The van der Waals surface area contributed by atoms with Gasteiger partial charge in [0.1, 0.15) is 5.75 Å². The molecule has 0 aromatic heterocycles. The van der Waals surface area contributed by atoms with Gasteiger partial charge in [-0.15, -0.1) is 0 Å². The van der Waals surface area contributed by atoms with Crippen molar-refractivity contribution in [3.05, 3.63) is 24.3 Å². The van der Waals surface area contributed by atoms with Crippen molar-refractivity contribution in [2.24, 2.45) is 0 Å². The van der Waals surface area contributed by atoms with Crippen LogP contribution in [0.15, 0.2) is 24.3 Å². The molecule has 2 nitrogen and oxygen atoms in total. The quantitative estimate of drug-likeness (QED) is 0.514. The van der Waals surface area contributed by atoms with E-state index in [4.69, 9.17) is 4.74 Å². The fraction of sp³-hybridized carbons (Fsp3) is 0.625. The highest BCUT2D eigenvalue weighted by atomic mass is 16.5. The van der Waals surface area contributed by atoms with Crippen LogP contribution in [0.4, 0.5) is 0 Å². The van der Waals surface area contributed by atoms with Crippen LogP contribution in [0, 0.1) is 0 Å². The fourth-order valence-electron chi connectivity index (χ4n) is 1.96. The summed E-state index contributed by atoms with van der Waals surface area (Å²) in [6, 6.07) is 6.58. The fourth-order valence-corrected chi connectivity index (χ4v) is 1.96. The molecule has 0 heterocycles. The molecule has 0 bridgehead atoms. The molecule has 0 spiro atoms. The minimum Gasteiger partial charge on any atom is -0.494 e. The van der Waals surface area contributed by atoms with Crippen molar-refractivity contribution in [2.45, 2.75) is 58.3 Å². The van der Waals surface area contributed by atoms with Crippen LogP contribution < -0.4 is 4.74 Å². The van der Waals surface area contributed by atoms with Crippen molar-refractivity contribution in [3.63, 3.8) is 0 Å². The molecule has 1 radical (unpaired) electrons. The van der Waals surface area contributed by atoms with Gasteiger partial charge in [-0.3, -0.25) is 5.11 Å². The maximum atomic E-state index is 10.9. The smallest absolute Gasteiger partial charge is 0.178 e. The van der Waals surface area contributed by atoms with Gasteiger partial charge in [-0.05, 0) is 30.7 Å². The second-order valence-electron chi connectivity index (χ2n) is 4.79. The highest BCUT2D eigenvalue weighted by molar-refractivity contribution is 5.29. The van der Waals surface area contributed by atoms with Crippen molar-refractivity contribution >= 4 is 0 Å². The molecule has 0 aliphatic rings. The number of hydrogen-bond acceptors (Lipinski definition) is 1. The lowest BCUT2D eigenvalue weighted by Crippen LogP contribution is -1.96. The SMILES string of the molecule is CCCCCCCCCCOc1ccc([O])cc1. The number of ether oxygens (including phenoxy) is 1. The molecule has 0 aliphatic carbocycles. The van der Waals surface area contributed by atoms with Crippen LogP contribution in [0.5, 0.6) is 11.5 Å². The zero-order valence-electron chi connectivity index (χ0n) is 11.5.